The van der Waals surface area contributed by atoms with E-state index in [-0.39, 0.29) is 0 Å². The van der Waals surface area contributed by atoms with Crippen LogP contribution in [-0.4, -0.2) is 41.3 Å². The first kappa shape index (κ1) is 23.3. The molecule has 1 fully saturated rings. The fourth-order valence-corrected chi connectivity index (χ4v) is 5.14. The number of nitrogens with zero attached hydrogens (tertiary/aromatic N) is 3. The van der Waals surface area contributed by atoms with Crippen LogP contribution < -0.4 is 20.9 Å². The summed E-state index contributed by atoms with van der Waals surface area (Å²) in [4.78, 5) is 11.8. The summed E-state index contributed by atoms with van der Waals surface area (Å²) in [7, 11) is 4.12. The second-order valence-corrected chi connectivity index (χ2v) is 9.98. The third kappa shape index (κ3) is 5.56. The number of rotatable bonds is 5. The monoisotopic (exact) mass is 492 g/mol. The highest BCUT2D eigenvalue weighted by molar-refractivity contribution is 7.80. The summed E-state index contributed by atoms with van der Waals surface area (Å²) in [5.74, 6) is 1.82. The van der Waals surface area contributed by atoms with Crippen molar-refractivity contribution >= 4 is 58.0 Å². The van der Waals surface area contributed by atoms with Crippen molar-refractivity contribution in [2.45, 2.75) is 63.5 Å². The molecule has 0 saturated heterocycles. The number of nitrogens with one attached hydrogen (secondary N) is 3. The Bertz CT molecular complexity index is 975. The van der Waals surface area contributed by atoms with E-state index in [0.717, 1.165) is 50.3 Å². The highest BCUT2D eigenvalue weighted by atomic mass is 35.5. The minimum absolute atomic E-state index is 0.327. The van der Waals surface area contributed by atoms with Crippen LogP contribution in [0.1, 0.15) is 49.8 Å². The van der Waals surface area contributed by atoms with Crippen molar-refractivity contribution in [3.63, 3.8) is 0 Å². The van der Waals surface area contributed by atoms with Crippen LogP contribution in [0.4, 0.5) is 17.5 Å². The van der Waals surface area contributed by atoms with Crippen LogP contribution in [0, 0.1) is 0 Å². The molecule has 2 aliphatic rings. The SMILES string of the molecule is CN(C)c1nc(N[C@H]2CC[C@@H](NC(=S)Nc3cccc(Cl)c3Cl)CC2)nc2c1CCCC2. The van der Waals surface area contributed by atoms with Gasteiger partial charge in [-0.3, -0.25) is 0 Å². The summed E-state index contributed by atoms with van der Waals surface area (Å²) >= 11 is 17.8. The Balaban J connectivity index is 1.31. The molecule has 3 N–H and O–H groups in total. The van der Waals surface area contributed by atoms with Crippen molar-refractivity contribution in [2.24, 2.45) is 0 Å². The van der Waals surface area contributed by atoms with Crippen LogP contribution in [0.3, 0.4) is 0 Å². The Morgan fingerprint density at radius 3 is 2.50 bits per heavy atom. The molecule has 1 aromatic heterocycles. The molecule has 0 unspecified atom stereocenters. The summed E-state index contributed by atoms with van der Waals surface area (Å²) in [6, 6.07) is 6.17. The zero-order valence-corrected chi connectivity index (χ0v) is 20.9. The molecule has 172 valence electrons. The van der Waals surface area contributed by atoms with Gasteiger partial charge in [0.05, 0.1) is 21.4 Å². The van der Waals surface area contributed by atoms with Gasteiger partial charge in [-0.25, -0.2) is 4.98 Å². The summed E-state index contributed by atoms with van der Waals surface area (Å²) in [5.41, 5.74) is 3.25. The Kier molecular flexibility index (Phi) is 7.59. The van der Waals surface area contributed by atoms with E-state index in [1.165, 1.54) is 24.1 Å². The van der Waals surface area contributed by atoms with E-state index in [4.69, 9.17) is 45.4 Å². The third-order valence-electron chi connectivity index (χ3n) is 6.18. The molecule has 1 aromatic carbocycles. The van der Waals surface area contributed by atoms with Crippen LogP contribution >= 0.6 is 35.4 Å². The first-order valence-electron chi connectivity index (χ1n) is 11.3. The van der Waals surface area contributed by atoms with Crippen molar-refractivity contribution in [1.82, 2.24) is 15.3 Å². The van der Waals surface area contributed by atoms with Gasteiger partial charge in [0.15, 0.2) is 5.11 Å². The van der Waals surface area contributed by atoms with E-state index in [9.17, 15) is 0 Å². The lowest BCUT2D eigenvalue weighted by Crippen LogP contribution is -2.42. The number of anilines is 3. The van der Waals surface area contributed by atoms with Gasteiger partial charge in [0.2, 0.25) is 5.95 Å². The Morgan fingerprint density at radius 2 is 1.75 bits per heavy atom. The van der Waals surface area contributed by atoms with Gasteiger partial charge < -0.3 is 20.9 Å². The highest BCUT2D eigenvalue weighted by Crippen LogP contribution is 2.31. The Morgan fingerprint density at radius 1 is 1.03 bits per heavy atom. The summed E-state index contributed by atoms with van der Waals surface area (Å²) in [5, 5.41) is 11.7. The van der Waals surface area contributed by atoms with Crippen LogP contribution in [0.2, 0.25) is 10.0 Å². The predicted octanol–water partition coefficient (Wildman–Crippen LogP) is 5.44. The van der Waals surface area contributed by atoms with Gasteiger partial charge in [-0.15, -0.1) is 0 Å². The average molecular weight is 494 g/mol. The smallest absolute Gasteiger partial charge is 0.225 e. The minimum atomic E-state index is 0.327. The fourth-order valence-electron chi connectivity index (χ4n) is 4.52. The highest BCUT2D eigenvalue weighted by Gasteiger charge is 2.24. The topological polar surface area (TPSA) is 65.1 Å². The molecular formula is C23H30Cl2N6S. The van der Waals surface area contributed by atoms with Crippen molar-refractivity contribution in [3.05, 3.63) is 39.5 Å². The first-order chi connectivity index (χ1) is 15.4. The molecule has 0 spiro atoms. The van der Waals surface area contributed by atoms with Gasteiger partial charge >= 0.3 is 0 Å². The van der Waals surface area contributed by atoms with Gasteiger partial charge in [-0.1, -0.05) is 29.3 Å². The standard InChI is InChI=1S/C23H30Cl2N6S/c1-31(2)21-16-6-3-4-8-18(16)28-22(30-21)26-14-10-12-15(13-11-14)27-23(32)29-19-9-5-7-17(24)20(19)25/h5,7,9,14-15H,3-4,6,8,10-13H2,1-2H3,(H,26,28,30)(H2,27,29,32)/t14-,15+. The number of thiocarbonyl (C=S) groups is 1. The van der Waals surface area contributed by atoms with E-state index in [2.05, 4.69) is 34.9 Å². The van der Waals surface area contributed by atoms with Crippen molar-refractivity contribution < 1.29 is 0 Å². The number of hydrogen-bond donors (Lipinski definition) is 3. The molecule has 2 aliphatic carbocycles. The number of aromatic nitrogens is 2. The minimum Gasteiger partial charge on any atom is -0.362 e. The summed E-state index contributed by atoms with van der Waals surface area (Å²) in [6.45, 7) is 0. The molecule has 9 heteroatoms. The normalized spacial score (nSPS) is 20.2. The molecule has 0 aliphatic heterocycles. The van der Waals surface area contributed by atoms with Crippen LogP contribution in [0.25, 0.3) is 0 Å². The predicted molar refractivity (Wildman–Crippen MR) is 138 cm³/mol. The summed E-state index contributed by atoms with van der Waals surface area (Å²) in [6.07, 6.45) is 8.68. The van der Waals surface area contributed by atoms with E-state index in [1.54, 1.807) is 6.07 Å². The summed E-state index contributed by atoms with van der Waals surface area (Å²) < 4.78 is 0. The second kappa shape index (κ2) is 10.4. The van der Waals surface area contributed by atoms with Gasteiger partial charge in [0.1, 0.15) is 5.82 Å². The molecule has 6 nitrogen and oxygen atoms in total. The maximum absolute atomic E-state index is 6.25. The van der Waals surface area contributed by atoms with Crippen LogP contribution in [0.15, 0.2) is 18.2 Å². The van der Waals surface area contributed by atoms with E-state index in [1.807, 2.05) is 12.1 Å². The van der Waals surface area contributed by atoms with E-state index < -0.39 is 0 Å². The largest absolute Gasteiger partial charge is 0.362 e. The number of fused-ring (bicyclic) bond motifs is 1. The molecule has 1 saturated carbocycles. The maximum Gasteiger partial charge on any atom is 0.225 e. The van der Waals surface area contributed by atoms with Gasteiger partial charge in [-0.2, -0.15) is 4.98 Å². The molecule has 0 radical (unpaired) electrons. The molecule has 1 heterocycles. The lowest BCUT2D eigenvalue weighted by atomic mass is 9.91. The van der Waals surface area contributed by atoms with Crippen molar-refractivity contribution in [1.29, 1.82) is 0 Å². The zero-order chi connectivity index (χ0) is 22.7. The van der Waals surface area contributed by atoms with Crippen LogP contribution in [-0.2, 0) is 12.8 Å². The quantitative estimate of drug-likeness (QED) is 0.480. The van der Waals surface area contributed by atoms with Gasteiger partial charge in [0, 0.05) is 31.7 Å². The lowest BCUT2D eigenvalue weighted by Gasteiger charge is -2.31. The lowest BCUT2D eigenvalue weighted by molar-refractivity contribution is 0.387. The molecule has 32 heavy (non-hydrogen) atoms. The third-order valence-corrected chi connectivity index (χ3v) is 7.22. The molecule has 0 bridgehead atoms. The number of halogens is 2. The van der Waals surface area contributed by atoms with Crippen molar-refractivity contribution in [3.8, 4) is 0 Å². The molecule has 0 atom stereocenters. The van der Waals surface area contributed by atoms with E-state index in [0.29, 0.717) is 32.9 Å². The fraction of sp³-hybridized carbons (Fsp3) is 0.522. The Hall–Kier alpha value is -1.83. The molecule has 0 amide bonds. The van der Waals surface area contributed by atoms with Gasteiger partial charge in [0.25, 0.3) is 0 Å². The van der Waals surface area contributed by atoms with Crippen molar-refractivity contribution in [2.75, 3.05) is 29.6 Å². The molecular weight excluding hydrogens is 463 g/mol. The molecule has 4 rings (SSSR count). The Labute approximate surface area is 205 Å². The average Bonchev–Trinajstić information content (AvgIpc) is 2.77. The maximum atomic E-state index is 6.25. The van der Waals surface area contributed by atoms with Crippen LogP contribution in [0.5, 0.6) is 0 Å². The zero-order valence-electron chi connectivity index (χ0n) is 18.5. The number of aryl methyl sites for hydroxylation is 1. The first-order valence-corrected chi connectivity index (χ1v) is 12.4. The van der Waals surface area contributed by atoms with Gasteiger partial charge in [-0.05, 0) is 75.7 Å². The second-order valence-electron chi connectivity index (χ2n) is 8.79. The van der Waals surface area contributed by atoms with E-state index >= 15 is 0 Å². The number of hydrogen-bond acceptors (Lipinski definition) is 5. The number of benzene rings is 1. The molecule has 2 aromatic rings.